The lowest BCUT2D eigenvalue weighted by molar-refractivity contribution is -0.139. The summed E-state index contributed by atoms with van der Waals surface area (Å²) in [5, 5.41) is 18.1. The van der Waals surface area contributed by atoms with Gasteiger partial charge in [0.25, 0.3) is 0 Å². The highest BCUT2D eigenvalue weighted by Crippen LogP contribution is 2.42. The molecule has 8 heteroatoms. The van der Waals surface area contributed by atoms with E-state index < -0.39 is 18.2 Å². The first-order chi connectivity index (χ1) is 19.9. The SMILES string of the molecule is CCCCCC(=O)N(C)[C@H]1CC=CCO[C@@H]2C[C@H](NC[C@@H](O)[C@H](Cc3ccccc3)NC1=O)c1cc(OC)ccc12. The highest BCUT2D eigenvalue weighted by molar-refractivity contribution is 5.88. The van der Waals surface area contributed by atoms with Crippen LogP contribution in [0.3, 0.4) is 0 Å². The van der Waals surface area contributed by atoms with Crippen LogP contribution in [0.4, 0.5) is 0 Å². The van der Waals surface area contributed by atoms with Crippen molar-refractivity contribution in [3.05, 3.63) is 77.4 Å². The maximum absolute atomic E-state index is 13.7. The van der Waals surface area contributed by atoms with Gasteiger partial charge < -0.3 is 30.1 Å². The van der Waals surface area contributed by atoms with Crippen LogP contribution in [0.15, 0.2) is 60.7 Å². The molecule has 2 aromatic carbocycles. The molecule has 3 N–H and O–H groups in total. The molecular formula is C33H45N3O5. The minimum absolute atomic E-state index is 0.0263. The number of hydrogen-bond acceptors (Lipinski definition) is 6. The molecule has 2 aliphatic rings. The lowest BCUT2D eigenvalue weighted by Crippen LogP contribution is -2.55. The number of unbranched alkanes of at least 4 members (excludes halogenated alkanes) is 2. The van der Waals surface area contributed by atoms with Gasteiger partial charge in [-0.25, -0.2) is 0 Å². The second-order valence-electron chi connectivity index (χ2n) is 11.1. The van der Waals surface area contributed by atoms with Crippen LogP contribution in [0.2, 0.25) is 0 Å². The van der Waals surface area contributed by atoms with E-state index in [0.717, 1.165) is 48.1 Å². The Balaban J connectivity index is 1.60. The van der Waals surface area contributed by atoms with Crippen LogP contribution in [0.5, 0.6) is 5.75 Å². The molecule has 0 aromatic heterocycles. The topological polar surface area (TPSA) is 100 Å². The maximum Gasteiger partial charge on any atom is 0.243 e. The number of fused-ring (bicyclic) bond motifs is 5. The molecule has 222 valence electrons. The molecule has 41 heavy (non-hydrogen) atoms. The first-order valence-corrected chi connectivity index (χ1v) is 14.9. The average molecular weight is 564 g/mol. The summed E-state index contributed by atoms with van der Waals surface area (Å²) in [6.45, 7) is 2.77. The second kappa shape index (κ2) is 15.1. The number of methoxy groups -OCH3 is 1. The van der Waals surface area contributed by atoms with Gasteiger partial charge in [0.15, 0.2) is 0 Å². The fourth-order valence-electron chi connectivity index (χ4n) is 5.71. The number of aliphatic hydroxyl groups is 1. The number of carbonyl (C=O) groups excluding carboxylic acids is 2. The summed E-state index contributed by atoms with van der Waals surface area (Å²) in [7, 11) is 3.35. The van der Waals surface area contributed by atoms with Crippen LogP contribution < -0.4 is 15.4 Å². The van der Waals surface area contributed by atoms with Gasteiger partial charge in [-0.3, -0.25) is 9.59 Å². The van der Waals surface area contributed by atoms with Gasteiger partial charge in [0, 0.05) is 26.1 Å². The number of nitrogens with one attached hydrogen (secondary N) is 2. The number of amides is 2. The normalized spacial score (nSPS) is 25.0. The Bertz CT molecular complexity index is 1170. The molecule has 1 aliphatic heterocycles. The molecular weight excluding hydrogens is 518 g/mol. The highest BCUT2D eigenvalue weighted by atomic mass is 16.5. The van der Waals surface area contributed by atoms with E-state index in [1.807, 2.05) is 54.6 Å². The third-order valence-electron chi connectivity index (χ3n) is 8.21. The summed E-state index contributed by atoms with van der Waals surface area (Å²) < 4.78 is 11.7. The summed E-state index contributed by atoms with van der Waals surface area (Å²) in [6.07, 6.45) is 7.65. The summed E-state index contributed by atoms with van der Waals surface area (Å²) in [5.74, 6) is 0.459. The zero-order valence-corrected chi connectivity index (χ0v) is 24.6. The van der Waals surface area contributed by atoms with Gasteiger partial charge in [-0.05, 0) is 54.5 Å². The van der Waals surface area contributed by atoms with E-state index in [2.05, 4.69) is 23.6 Å². The van der Waals surface area contributed by atoms with Crippen LogP contribution in [0, 0.1) is 0 Å². The quantitative estimate of drug-likeness (QED) is 0.328. The fraction of sp³-hybridized carbons (Fsp3) is 0.515. The third kappa shape index (κ3) is 8.18. The molecule has 8 nitrogen and oxygen atoms in total. The van der Waals surface area contributed by atoms with Crippen LogP contribution >= 0.6 is 0 Å². The molecule has 0 radical (unpaired) electrons. The molecule has 1 heterocycles. The highest BCUT2D eigenvalue weighted by Gasteiger charge is 2.34. The van der Waals surface area contributed by atoms with E-state index in [1.165, 1.54) is 0 Å². The predicted molar refractivity (Wildman–Crippen MR) is 160 cm³/mol. The number of β-amino-alcohol motifs (C(OH)–C–C–N with tert-alkyl or cyclic N) is 1. The number of rotatable bonds is 8. The summed E-state index contributed by atoms with van der Waals surface area (Å²) in [4.78, 5) is 28.3. The van der Waals surface area contributed by atoms with E-state index in [4.69, 9.17) is 9.47 Å². The van der Waals surface area contributed by atoms with Gasteiger partial charge >= 0.3 is 0 Å². The van der Waals surface area contributed by atoms with Crippen LogP contribution in [0.1, 0.15) is 74.3 Å². The van der Waals surface area contributed by atoms with Crippen molar-refractivity contribution in [3.8, 4) is 5.75 Å². The van der Waals surface area contributed by atoms with Crippen molar-refractivity contribution in [2.24, 2.45) is 0 Å². The number of likely N-dealkylation sites (N-methyl/N-ethyl adjacent to an activating group) is 1. The van der Waals surface area contributed by atoms with Crippen LogP contribution in [0.25, 0.3) is 0 Å². The first-order valence-electron chi connectivity index (χ1n) is 14.9. The Kier molecular flexibility index (Phi) is 11.4. The third-order valence-corrected chi connectivity index (χ3v) is 8.21. The average Bonchev–Trinajstić information content (AvgIpc) is 3.33. The maximum atomic E-state index is 13.7. The van der Waals surface area contributed by atoms with E-state index in [1.54, 1.807) is 19.1 Å². The van der Waals surface area contributed by atoms with E-state index in [-0.39, 0.29) is 30.5 Å². The van der Waals surface area contributed by atoms with Crippen molar-refractivity contribution in [2.45, 2.75) is 82.2 Å². The molecule has 0 fully saturated rings. The number of hydrogen-bond donors (Lipinski definition) is 3. The number of carbonyl (C=O) groups is 2. The molecule has 0 saturated carbocycles. The van der Waals surface area contributed by atoms with Gasteiger partial charge in [0.1, 0.15) is 11.8 Å². The lowest BCUT2D eigenvalue weighted by atomic mass is 9.99. The van der Waals surface area contributed by atoms with Crippen molar-refractivity contribution < 1.29 is 24.2 Å². The Morgan fingerprint density at radius 3 is 2.68 bits per heavy atom. The van der Waals surface area contributed by atoms with Gasteiger partial charge in [0.2, 0.25) is 11.8 Å². The Morgan fingerprint density at radius 2 is 1.93 bits per heavy atom. The zero-order valence-electron chi connectivity index (χ0n) is 24.6. The summed E-state index contributed by atoms with van der Waals surface area (Å²) in [5.41, 5.74) is 3.23. The summed E-state index contributed by atoms with van der Waals surface area (Å²) in [6, 6.07) is 14.6. The van der Waals surface area contributed by atoms with E-state index >= 15 is 0 Å². The van der Waals surface area contributed by atoms with Crippen molar-refractivity contribution in [1.82, 2.24) is 15.5 Å². The van der Waals surface area contributed by atoms with Crippen molar-refractivity contribution in [2.75, 3.05) is 27.3 Å². The monoisotopic (exact) mass is 563 g/mol. The zero-order chi connectivity index (χ0) is 29.2. The largest absolute Gasteiger partial charge is 0.497 e. The molecule has 2 aromatic rings. The van der Waals surface area contributed by atoms with Crippen molar-refractivity contribution >= 4 is 11.8 Å². The van der Waals surface area contributed by atoms with Crippen LogP contribution in [-0.4, -0.2) is 67.3 Å². The van der Waals surface area contributed by atoms with Gasteiger partial charge in [0.05, 0.1) is 32.0 Å². The minimum Gasteiger partial charge on any atom is -0.497 e. The number of benzene rings is 2. The molecule has 0 spiro atoms. The van der Waals surface area contributed by atoms with Gasteiger partial charge in [-0.1, -0.05) is 68.3 Å². The molecule has 2 amide bonds. The molecule has 2 bridgehead atoms. The standard InChI is InChI=1S/C33H45N3O5/c1-4-5-7-15-32(38)36(2)29-14-10-11-18-41-31-21-27(26-20-24(40-3)16-17-25(26)31)34-22-30(37)28(35-33(29)39)19-23-12-8-6-9-13-23/h6,8-13,16-17,20,27-31,34,37H,4-5,7,14-15,18-19,21-22H2,1-3H3,(H,35,39)/t27-,28-,29-,30+,31+/m0/s1. The Morgan fingerprint density at radius 1 is 1.12 bits per heavy atom. The number of nitrogens with zero attached hydrogens (tertiary/aromatic N) is 1. The molecule has 1 aliphatic carbocycles. The van der Waals surface area contributed by atoms with E-state index in [9.17, 15) is 14.7 Å². The van der Waals surface area contributed by atoms with Crippen molar-refractivity contribution in [1.29, 1.82) is 0 Å². The molecule has 0 unspecified atom stereocenters. The fourth-order valence-corrected chi connectivity index (χ4v) is 5.71. The first kappa shape index (κ1) is 30.8. The van der Waals surface area contributed by atoms with Crippen molar-refractivity contribution in [3.63, 3.8) is 0 Å². The molecule has 5 atom stereocenters. The van der Waals surface area contributed by atoms with E-state index in [0.29, 0.717) is 25.9 Å². The lowest BCUT2D eigenvalue weighted by Gasteiger charge is -2.31. The predicted octanol–water partition coefficient (Wildman–Crippen LogP) is 4.24. The van der Waals surface area contributed by atoms with Crippen LogP contribution in [-0.2, 0) is 20.7 Å². The smallest absolute Gasteiger partial charge is 0.243 e. The Hall–Kier alpha value is -3.20. The molecule has 4 rings (SSSR count). The minimum atomic E-state index is -0.861. The number of ether oxygens (including phenoxy) is 2. The van der Waals surface area contributed by atoms with Gasteiger partial charge in [-0.2, -0.15) is 0 Å². The molecule has 0 saturated heterocycles. The second-order valence-corrected chi connectivity index (χ2v) is 11.1. The van der Waals surface area contributed by atoms with Gasteiger partial charge in [-0.15, -0.1) is 0 Å². The number of aliphatic hydroxyl groups excluding tert-OH is 1. The Labute approximate surface area is 244 Å². The summed E-state index contributed by atoms with van der Waals surface area (Å²) >= 11 is 0.